The van der Waals surface area contributed by atoms with Crippen LogP contribution in [0.5, 0.6) is 0 Å². The lowest BCUT2D eigenvalue weighted by atomic mass is 10.1. The Morgan fingerprint density at radius 2 is 1.31 bits per heavy atom. The Balaban J connectivity index is 2.28. The molecule has 0 spiro atoms. The molecule has 0 atom stereocenters. The predicted octanol–water partition coefficient (Wildman–Crippen LogP) is 4.21. The quantitative estimate of drug-likeness (QED) is 0.517. The summed E-state index contributed by atoms with van der Waals surface area (Å²) in [6.45, 7) is 0. The van der Waals surface area contributed by atoms with Crippen LogP contribution < -0.4 is 0 Å². The van der Waals surface area contributed by atoms with E-state index in [1.165, 1.54) is 32.1 Å². The van der Waals surface area contributed by atoms with Crippen molar-refractivity contribution in [2.24, 2.45) is 0 Å². The fourth-order valence-electron chi connectivity index (χ4n) is 1.38. The molecule has 1 radical (unpaired) electrons. The number of hydrogen-bond donors (Lipinski definition) is 0. The van der Waals surface area contributed by atoms with Gasteiger partial charge in [0.2, 0.25) is 0 Å². The van der Waals surface area contributed by atoms with Gasteiger partial charge in [0.05, 0.1) is 0 Å². The van der Waals surface area contributed by atoms with Crippen LogP contribution in [0.2, 0.25) is 0 Å². The van der Waals surface area contributed by atoms with Crippen LogP contribution >= 0.6 is 0 Å². The van der Waals surface area contributed by atoms with E-state index in [2.05, 4.69) is 42.9 Å². The maximum atomic E-state index is 2.28. The highest BCUT2D eigenvalue weighted by Gasteiger charge is 1.86. The van der Waals surface area contributed by atoms with Crippen molar-refractivity contribution in [3.8, 4) is 0 Å². The van der Waals surface area contributed by atoms with Crippen molar-refractivity contribution >= 4 is 0 Å². The summed E-state index contributed by atoms with van der Waals surface area (Å²) in [6, 6.07) is 0. The summed E-state index contributed by atoms with van der Waals surface area (Å²) in [6.07, 6.45) is 23.0. The van der Waals surface area contributed by atoms with E-state index in [1.54, 1.807) is 0 Å². The molecular weight excluding hydrogens is 156 g/mol. The van der Waals surface area contributed by atoms with Crippen LogP contribution in [0.1, 0.15) is 38.5 Å². The average molecular weight is 175 g/mol. The minimum absolute atomic E-state index is 1.06. The van der Waals surface area contributed by atoms with E-state index >= 15 is 0 Å². The van der Waals surface area contributed by atoms with E-state index in [0.717, 1.165) is 6.42 Å². The lowest BCUT2D eigenvalue weighted by Gasteiger charge is -1.94. The van der Waals surface area contributed by atoms with Gasteiger partial charge in [-0.05, 0) is 38.5 Å². The van der Waals surface area contributed by atoms with Crippen LogP contribution in [0.25, 0.3) is 0 Å². The Hall–Kier alpha value is -0.780. The van der Waals surface area contributed by atoms with Crippen molar-refractivity contribution in [1.29, 1.82) is 0 Å². The van der Waals surface area contributed by atoms with Crippen LogP contribution in [0.15, 0.2) is 36.5 Å². The Labute approximate surface area is 82.0 Å². The first-order valence-electron chi connectivity index (χ1n) is 5.30. The van der Waals surface area contributed by atoms with Gasteiger partial charge in [-0.25, -0.2) is 0 Å². The molecule has 0 heterocycles. The molecule has 0 fully saturated rings. The van der Waals surface area contributed by atoms with Crippen LogP contribution in [0.4, 0.5) is 0 Å². The molecule has 1 aliphatic carbocycles. The summed E-state index contributed by atoms with van der Waals surface area (Å²) >= 11 is 0. The van der Waals surface area contributed by atoms with E-state index in [0.29, 0.717) is 0 Å². The zero-order chi connectivity index (χ0) is 9.19. The average Bonchev–Trinajstić information content (AvgIpc) is 2.18. The topological polar surface area (TPSA) is 0 Å². The second-order valence-electron chi connectivity index (χ2n) is 3.39. The van der Waals surface area contributed by atoms with Crippen LogP contribution in [0.3, 0.4) is 0 Å². The molecule has 1 aliphatic rings. The second-order valence-corrected chi connectivity index (χ2v) is 3.39. The minimum atomic E-state index is 1.06. The van der Waals surface area contributed by atoms with Crippen molar-refractivity contribution in [2.75, 3.05) is 0 Å². The molecule has 1 rings (SSSR count). The van der Waals surface area contributed by atoms with Gasteiger partial charge in [0.15, 0.2) is 0 Å². The number of allylic oxidation sites excluding steroid dienone is 6. The molecule has 0 aromatic heterocycles. The van der Waals surface area contributed by atoms with Crippen molar-refractivity contribution in [3.05, 3.63) is 42.9 Å². The van der Waals surface area contributed by atoms with Gasteiger partial charge in [-0.3, -0.25) is 0 Å². The molecule has 0 nitrogen and oxygen atoms in total. The normalized spacial score (nSPS) is 27.7. The molecule has 0 unspecified atom stereocenters. The van der Waals surface area contributed by atoms with E-state index in [-0.39, 0.29) is 0 Å². The molecule has 13 heavy (non-hydrogen) atoms. The van der Waals surface area contributed by atoms with E-state index in [4.69, 9.17) is 0 Å². The second kappa shape index (κ2) is 7.85. The number of rotatable bonds is 0. The molecule has 0 bridgehead atoms. The molecule has 0 heteroatoms. The fraction of sp³-hybridized carbons (Fsp3) is 0.462. The highest BCUT2D eigenvalue weighted by molar-refractivity contribution is 5.06. The van der Waals surface area contributed by atoms with Crippen molar-refractivity contribution in [3.63, 3.8) is 0 Å². The summed E-state index contributed by atoms with van der Waals surface area (Å²) in [5.41, 5.74) is 0. The van der Waals surface area contributed by atoms with Gasteiger partial charge < -0.3 is 0 Å². The molecule has 0 aromatic rings. The molecule has 0 N–H and O–H groups in total. The Bertz CT molecular complexity index is 184. The Morgan fingerprint density at radius 1 is 0.615 bits per heavy atom. The van der Waals surface area contributed by atoms with Crippen LogP contribution in [-0.4, -0.2) is 0 Å². The third kappa shape index (κ3) is 6.39. The lowest BCUT2D eigenvalue weighted by Crippen LogP contribution is -1.74. The summed E-state index contributed by atoms with van der Waals surface area (Å²) in [7, 11) is 0. The smallest absolute Gasteiger partial charge is 0.0133 e. The SMILES string of the molecule is [CH]1/C=C/CCCCC/C=C/C=C/C1. The first kappa shape index (κ1) is 10.3. The van der Waals surface area contributed by atoms with E-state index < -0.39 is 0 Å². The maximum absolute atomic E-state index is 2.28. The van der Waals surface area contributed by atoms with Crippen molar-refractivity contribution < 1.29 is 0 Å². The third-order valence-electron chi connectivity index (χ3n) is 2.17. The number of hydrogen-bond acceptors (Lipinski definition) is 0. The van der Waals surface area contributed by atoms with Gasteiger partial charge in [0, 0.05) is 0 Å². The first-order chi connectivity index (χ1) is 6.50. The molecular formula is C13H19. The molecule has 0 saturated heterocycles. The third-order valence-corrected chi connectivity index (χ3v) is 2.17. The minimum Gasteiger partial charge on any atom is -0.0882 e. The Morgan fingerprint density at radius 3 is 2.15 bits per heavy atom. The Kier molecular flexibility index (Phi) is 6.22. The molecule has 0 aromatic carbocycles. The van der Waals surface area contributed by atoms with E-state index in [1.807, 2.05) is 0 Å². The van der Waals surface area contributed by atoms with E-state index in [9.17, 15) is 0 Å². The highest BCUT2D eigenvalue weighted by Crippen LogP contribution is 2.05. The zero-order valence-corrected chi connectivity index (χ0v) is 8.28. The van der Waals surface area contributed by atoms with Gasteiger partial charge in [0.25, 0.3) is 0 Å². The standard InChI is InChI=1S/C13H19/c1-2-4-6-8-10-12-13-11-9-7-5-3-1/h1-4,7,9,11H,5-6,8,10,12-13H2/b3-1+,4-2+,11-9+. The zero-order valence-electron chi connectivity index (χ0n) is 8.28. The summed E-state index contributed by atoms with van der Waals surface area (Å²) in [4.78, 5) is 0. The van der Waals surface area contributed by atoms with Crippen molar-refractivity contribution in [1.82, 2.24) is 0 Å². The van der Waals surface area contributed by atoms with Gasteiger partial charge in [0.1, 0.15) is 0 Å². The highest BCUT2D eigenvalue weighted by atomic mass is 13.9. The molecule has 0 aliphatic heterocycles. The van der Waals surface area contributed by atoms with Gasteiger partial charge in [-0.2, -0.15) is 0 Å². The summed E-state index contributed by atoms with van der Waals surface area (Å²) in [5, 5.41) is 0. The van der Waals surface area contributed by atoms with Crippen molar-refractivity contribution in [2.45, 2.75) is 38.5 Å². The monoisotopic (exact) mass is 175 g/mol. The van der Waals surface area contributed by atoms with Gasteiger partial charge in [-0.1, -0.05) is 42.9 Å². The maximum Gasteiger partial charge on any atom is -0.0133 e. The summed E-state index contributed by atoms with van der Waals surface area (Å²) < 4.78 is 0. The van der Waals surface area contributed by atoms with Crippen LogP contribution in [-0.2, 0) is 0 Å². The predicted molar refractivity (Wildman–Crippen MR) is 59.4 cm³/mol. The summed E-state index contributed by atoms with van der Waals surface area (Å²) in [5.74, 6) is 0. The molecule has 0 amide bonds. The van der Waals surface area contributed by atoms with Gasteiger partial charge >= 0.3 is 0 Å². The molecule has 0 saturated carbocycles. The van der Waals surface area contributed by atoms with Crippen LogP contribution in [0, 0.1) is 6.42 Å². The van der Waals surface area contributed by atoms with Gasteiger partial charge in [-0.15, -0.1) is 0 Å². The fourth-order valence-corrected chi connectivity index (χ4v) is 1.38. The largest absolute Gasteiger partial charge is 0.0882 e. The first-order valence-corrected chi connectivity index (χ1v) is 5.30. The lowest BCUT2D eigenvalue weighted by molar-refractivity contribution is 0.696. The molecule has 71 valence electrons.